The third-order valence-corrected chi connectivity index (χ3v) is 2.69. The molecule has 2 rings (SSSR count). The van der Waals surface area contributed by atoms with Crippen molar-refractivity contribution in [1.82, 2.24) is 0 Å². The van der Waals surface area contributed by atoms with Crippen molar-refractivity contribution in [3.8, 4) is 5.75 Å². The van der Waals surface area contributed by atoms with Gasteiger partial charge in [-0.2, -0.15) is 13.2 Å². The van der Waals surface area contributed by atoms with E-state index in [4.69, 9.17) is 9.84 Å². The lowest BCUT2D eigenvalue weighted by Crippen LogP contribution is -2.23. The van der Waals surface area contributed by atoms with E-state index in [-0.39, 0.29) is 13.0 Å². The molecule has 0 aromatic heterocycles. The van der Waals surface area contributed by atoms with Gasteiger partial charge in [0, 0.05) is 6.42 Å². The summed E-state index contributed by atoms with van der Waals surface area (Å²) < 4.78 is 48.2. The molecular formula is C12H9F3O5. The van der Waals surface area contributed by atoms with Gasteiger partial charge in [0.05, 0.1) is 17.7 Å². The van der Waals surface area contributed by atoms with Crippen molar-refractivity contribution in [2.45, 2.75) is 18.7 Å². The smallest absolute Gasteiger partial charge is 0.419 e. The van der Waals surface area contributed by atoms with E-state index >= 15 is 0 Å². The van der Waals surface area contributed by atoms with Crippen LogP contribution in [-0.4, -0.2) is 29.8 Å². The number of alkyl halides is 3. The predicted molar refractivity (Wildman–Crippen MR) is 58.4 cm³/mol. The molecule has 1 unspecified atom stereocenters. The number of carboxylic acids is 1. The second-order valence-corrected chi connectivity index (χ2v) is 4.08. The summed E-state index contributed by atoms with van der Waals surface area (Å²) in [5, 5.41) is 8.71. The summed E-state index contributed by atoms with van der Waals surface area (Å²) in [7, 11) is 0. The van der Waals surface area contributed by atoms with Gasteiger partial charge in [0.2, 0.25) is 0 Å². The van der Waals surface area contributed by atoms with Gasteiger partial charge < -0.3 is 14.6 Å². The molecule has 8 heteroatoms. The average molecular weight is 290 g/mol. The van der Waals surface area contributed by atoms with E-state index in [2.05, 4.69) is 4.74 Å². The van der Waals surface area contributed by atoms with Gasteiger partial charge in [0.25, 0.3) is 0 Å². The number of carbonyl (C=O) groups excluding carboxylic acids is 1. The Hall–Kier alpha value is -2.25. The largest absolute Gasteiger partial charge is 0.478 e. The van der Waals surface area contributed by atoms with Crippen LogP contribution in [0.2, 0.25) is 0 Å². The van der Waals surface area contributed by atoms with E-state index in [9.17, 15) is 22.8 Å². The number of ether oxygens (including phenoxy) is 2. The molecule has 1 heterocycles. The Morgan fingerprint density at radius 1 is 1.40 bits per heavy atom. The number of halogens is 3. The van der Waals surface area contributed by atoms with Crippen molar-refractivity contribution >= 4 is 11.9 Å². The topological polar surface area (TPSA) is 72.8 Å². The molecule has 0 spiro atoms. The van der Waals surface area contributed by atoms with E-state index in [0.29, 0.717) is 6.07 Å². The number of aromatic carboxylic acids is 1. The van der Waals surface area contributed by atoms with Crippen molar-refractivity contribution in [2.24, 2.45) is 0 Å². The van der Waals surface area contributed by atoms with Gasteiger partial charge in [-0.25, -0.2) is 9.59 Å². The van der Waals surface area contributed by atoms with Crippen LogP contribution in [0.25, 0.3) is 0 Å². The lowest BCUT2D eigenvalue weighted by Gasteiger charge is -2.16. The maximum Gasteiger partial charge on any atom is 0.419 e. The first-order valence-corrected chi connectivity index (χ1v) is 5.57. The first-order valence-electron chi connectivity index (χ1n) is 5.57. The minimum absolute atomic E-state index is 0.0814. The van der Waals surface area contributed by atoms with Gasteiger partial charge in [-0.15, -0.1) is 0 Å². The zero-order valence-electron chi connectivity index (χ0n) is 9.94. The highest BCUT2D eigenvalue weighted by Gasteiger charge is 2.37. The van der Waals surface area contributed by atoms with Crippen molar-refractivity contribution < 1.29 is 37.3 Å². The molecule has 1 aliphatic heterocycles. The Kier molecular flexibility index (Phi) is 3.56. The van der Waals surface area contributed by atoms with E-state index < -0.39 is 41.1 Å². The molecule has 1 saturated heterocycles. The number of esters is 1. The van der Waals surface area contributed by atoms with Gasteiger partial charge in [0.15, 0.2) is 6.10 Å². The quantitative estimate of drug-likeness (QED) is 0.863. The van der Waals surface area contributed by atoms with Crippen LogP contribution in [0.5, 0.6) is 5.75 Å². The molecule has 0 saturated carbocycles. The molecule has 0 amide bonds. The summed E-state index contributed by atoms with van der Waals surface area (Å²) >= 11 is 0. The maximum atomic E-state index is 12.9. The summed E-state index contributed by atoms with van der Waals surface area (Å²) in [6, 6.07) is 2.34. The van der Waals surface area contributed by atoms with E-state index in [1.54, 1.807) is 0 Å². The van der Waals surface area contributed by atoms with Crippen LogP contribution in [0.1, 0.15) is 22.3 Å². The third kappa shape index (κ3) is 2.84. The van der Waals surface area contributed by atoms with Crippen LogP contribution >= 0.6 is 0 Å². The fraction of sp³-hybridized carbons (Fsp3) is 0.333. The average Bonchev–Trinajstić information content (AvgIpc) is 2.74. The highest BCUT2D eigenvalue weighted by molar-refractivity contribution is 5.88. The first-order chi connectivity index (χ1) is 9.29. The number of hydrogen-bond acceptors (Lipinski definition) is 4. The lowest BCUT2D eigenvalue weighted by atomic mass is 10.1. The number of carbonyl (C=O) groups is 2. The maximum absolute atomic E-state index is 12.9. The van der Waals surface area contributed by atoms with Crippen molar-refractivity contribution in [3.05, 3.63) is 29.3 Å². The molecule has 1 aromatic rings. The Bertz CT molecular complexity index is 553. The monoisotopic (exact) mass is 290 g/mol. The van der Waals surface area contributed by atoms with Crippen molar-refractivity contribution in [2.75, 3.05) is 6.61 Å². The van der Waals surface area contributed by atoms with E-state index in [0.717, 1.165) is 12.1 Å². The standard InChI is InChI=1S/C12H9F3O5/c13-12(14,15)7-5-6(10(16)17)1-2-8(7)20-9-3-4-19-11(9)18/h1-2,5,9H,3-4H2,(H,16,17). The summed E-state index contributed by atoms with van der Waals surface area (Å²) in [5.74, 6) is -2.81. The summed E-state index contributed by atoms with van der Waals surface area (Å²) in [4.78, 5) is 21.9. The van der Waals surface area contributed by atoms with Crippen LogP contribution in [0, 0.1) is 0 Å². The molecule has 0 bridgehead atoms. The number of cyclic esters (lactones) is 1. The van der Waals surface area contributed by atoms with Gasteiger partial charge >= 0.3 is 18.1 Å². The summed E-state index contributed by atoms with van der Waals surface area (Å²) in [6.07, 6.45) is -5.74. The van der Waals surface area contributed by atoms with Gasteiger partial charge in [-0.05, 0) is 18.2 Å². The number of benzene rings is 1. The number of hydrogen-bond donors (Lipinski definition) is 1. The predicted octanol–water partition coefficient (Wildman–Crippen LogP) is 2.10. The molecule has 5 nitrogen and oxygen atoms in total. The third-order valence-electron chi connectivity index (χ3n) is 2.69. The molecule has 1 atom stereocenters. The fourth-order valence-electron chi connectivity index (χ4n) is 1.72. The second kappa shape index (κ2) is 5.03. The van der Waals surface area contributed by atoms with Crippen LogP contribution in [-0.2, 0) is 15.7 Å². The van der Waals surface area contributed by atoms with Crippen LogP contribution in [0.4, 0.5) is 13.2 Å². The van der Waals surface area contributed by atoms with Crippen LogP contribution < -0.4 is 4.74 Å². The Morgan fingerprint density at radius 3 is 2.60 bits per heavy atom. The zero-order valence-corrected chi connectivity index (χ0v) is 9.94. The number of carboxylic acid groups (broad SMARTS) is 1. The Morgan fingerprint density at radius 2 is 2.10 bits per heavy atom. The molecule has 1 N–H and O–H groups in total. The lowest BCUT2D eigenvalue weighted by molar-refractivity contribution is -0.146. The summed E-state index contributed by atoms with van der Waals surface area (Å²) in [5.41, 5.74) is -1.75. The summed E-state index contributed by atoms with van der Waals surface area (Å²) in [6.45, 7) is 0.0814. The van der Waals surface area contributed by atoms with Crippen LogP contribution in [0.3, 0.4) is 0 Å². The minimum atomic E-state index is -4.79. The SMILES string of the molecule is O=C(O)c1ccc(OC2CCOC2=O)c(C(F)(F)F)c1. The molecule has 108 valence electrons. The van der Waals surface area contributed by atoms with Crippen molar-refractivity contribution in [1.29, 1.82) is 0 Å². The van der Waals surface area contributed by atoms with E-state index in [1.807, 2.05) is 0 Å². The van der Waals surface area contributed by atoms with Gasteiger partial charge in [-0.3, -0.25) is 0 Å². The van der Waals surface area contributed by atoms with Crippen molar-refractivity contribution in [3.63, 3.8) is 0 Å². The second-order valence-electron chi connectivity index (χ2n) is 4.08. The minimum Gasteiger partial charge on any atom is -0.478 e. The molecule has 1 aliphatic rings. The fourth-order valence-corrected chi connectivity index (χ4v) is 1.72. The normalized spacial score (nSPS) is 18.8. The van der Waals surface area contributed by atoms with Crippen LogP contribution in [0.15, 0.2) is 18.2 Å². The van der Waals surface area contributed by atoms with Gasteiger partial charge in [-0.1, -0.05) is 0 Å². The van der Waals surface area contributed by atoms with Gasteiger partial charge in [0.1, 0.15) is 5.75 Å². The Labute approximate surface area is 110 Å². The first kappa shape index (κ1) is 14.2. The molecular weight excluding hydrogens is 281 g/mol. The molecule has 0 radical (unpaired) electrons. The molecule has 1 aromatic carbocycles. The molecule has 1 fully saturated rings. The zero-order chi connectivity index (χ0) is 14.9. The van der Waals surface area contributed by atoms with E-state index in [1.165, 1.54) is 0 Å². The molecule has 20 heavy (non-hydrogen) atoms. The highest BCUT2D eigenvalue weighted by Crippen LogP contribution is 2.37. The highest BCUT2D eigenvalue weighted by atomic mass is 19.4. The molecule has 0 aliphatic carbocycles. The number of rotatable bonds is 3. The Balaban J connectivity index is 2.36.